The van der Waals surface area contributed by atoms with Crippen molar-refractivity contribution in [3.8, 4) is 17.6 Å². The van der Waals surface area contributed by atoms with Crippen LogP contribution in [-0.2, 0) is 4.79 Å². The van der Waals surface area contributed by atoms with Gasteiger partial charge in [-0.05, 0) is 56.0 Å². The first-order chi connectivity index (χ1) is 20.4. The Bertz CT molecular complexity index is 1720. The molecule has 1 N–H and O–H groups in total. The van der Waals surface area contributed by atoms with Gasteiger partial charge in [0.05, 0.1) is 23.1 Å². The van der Waals surface area contributed by atoms with Gasteiger partial charge in [0.1, 0.15) is 17.2 Å². The number of rotatable bonds is 3. The van der Waals surface area contributed by atoms with Gasteiger partial charge in [-0.25, -0.2) is 4.98 Å². The highest BCUT2D eigenvalue weighted by atomic mass is 19.3. The molecule has 2 fully saturated rings. The number of benzene rings is 2. The summed E-state index contributed by atoms with van der Waals surface area (Å²) in [5, 5.41) is 10.1. The van der Waals surface area contributed by atoms with Crippen LogP contribution in [0.1, 0.15) is 75.6 Å². The molecule has 0 spiro atoms. The first-order valence-electron chi connectivity index (χ1n) is 14.9. The van der Waals surface area contributed by atoms with Crippen molar-refractivity contribution in [2.75, 3.05) is 20.1 Å². The number of nitrogens with zero attached hydrogens (tertiary/aromatic N) is 4. The summed E-state index contributed by atoms with van der Waals surface area (Å²) >= 11 is 0. The number of piperidine rings is 1. The molecule has 2 amide bonds. The van der Waals surface area contributed by atoms with E-state index in [0.29, 0.717) is 61.2 Å². The molecule has 7 rings (SSSR count). The van der Waals surface area contributed by atoms with Gasteiger partial charge in [-0.3, -0.25) is 9.59 Å². The molecule has 1 aliphatic carbocycles. The molecule has 2 atom stereocenters. The number of ether oxygens (including phenoxy) is 1. The average Bonchev–Trinajstić information content (AvgIpc) is 3.50. The first-order valence-corrected chi connectivity index (χ1v) is 13.4. The third kappa shape index (κ3) is 3.94. The minimum absolute atomic E-state index is 0.00356. The zero-order valence-electron chi connectivity index (χ0n) is 24.4. The Morgan fingerprint density at radius 2 is 2.02 bits per heavy atom. The van der Waals surface area contributed by atoms with Crippen LogP contribution in [0, 0.1) is 17.8 Å². The maximum atomic E-state index is 13.6. The smallest absolute Gasteiger partial charge is 0.387 e. The molecule has 0 unspecified atom stereocenters. The SMILES string of the molecule is [2H]C([2H])([2H])N1C(=O)c2cccc(OC(F)F)c2[C@H]2C[C@@H]1c1nc3ccc(C#CC4CCN(C(=O)C5(O)CC5)CC4)cc3n12. The molecular weight excluding hydrogens is 518 g/mol. The van der Waals surface area contributed by atoms with Crippen LogP contribution in [0.2, 0.25) is 0 Å². The van der Waals surface area contributed by atoms with Crippen molar-refractivity contribution in [1.29, 1.82) is 0 Å². The molecule has 206 valence electrons. The number of aromatic nitrogens is 2. The van der Waals surface area contributed by atoms with E-state index in [1.165, 1.54) is 18.2 Å². The van der Waals surface area contributed by atoms with Crippen LogP contribution in [0.5, 0.6) is 5.75 Å². The number of amides is 2. The van der Waals surface area contributed by atoms with Crippen LogP contribution in [0.4, 0.5) is 8.78 Å². The molecule has 4 aliphatic rings. The molecule has 8 nitrogen and oxygen atoms in total. The number of imidazole rings is 1. The number of aliphatic hydroxyl groups is 1. The van der Waals surface area contributed by atoms with Gasteiger partial charge < -0.3 is 24.2 Å². The fourth-order valence-electron chi connectivity index (χ4n) is 6.23. The van der Waals surface area contributed by atoms with Crippen LogP contribution >= 0.6 is 0 Å². The van der Waals surface area contributed by atoms with Crippen molar-refractivity contribution in [2.45, 2.75) is 56.4 Å². The molecule has 40 heavy (non-hydrogen) atoms. The number of alkyl halides is 2. The van der Waals surface area contributed by atoms with Crippen molar-refractivity contribution in [1.82, 2.24) is 19.4 Å². The van der Waals surface area contributed by atoms with E-state index < -0.39 is 37.2 Å². The Morgan fingerprint density at radius 3 is 2.75 bits per heavy atom. The summed E-state index contributed by atoms with van der Waals surface area (Å²) in [6.07, 6.45) is 2.58. The normalized spacial score (nSPS) is 24.4. The second-order valence-corrected chi connectivity index (χ2v) is 10.9. The highest BCUT2D eigenvalue weighted by Gasteiger charge is 2.50. The molecule has 10 heteroatoms. The van der Waals surface area contributed by atoms with Gasteiger partial charge in [-0.1, -0.05) is 17.9 Å². The summed E-state index contributed by atoms with van der Waals surface area (Å²) < 4.78 is 57.9. The van der Waals surface area contributed by atoms with Gasteiger partial charge in [-0.15, -0.1) is 0 Å². The molecule has 3 aromatic rings. The minimum Gasteiger partial charge on any atom is -0.434 e. The predicted molar refractivity (Wildman–Crippen MR) is 141 cm³/mol. The van der Waals surface area contributed by atoms with Gasteiger partial charge in [0, 0.05) is 53.2 Å². The second kappa shape index (κ2) is 9.03. The molecule has 3 aliphatic heterocycles. The third-order valence-electron chi connectivity index (χ3n) is 8.47. The van der Waals surface area contributed by atoms with Gasteiger partial charge in [0.2, 0.25) is 0 Å². The van der Waals surface area contributed by atoms with Crippen molar-refractivity contribution < 1.29 is 32.3 Å². The van der Waals surface area contributed by atoms with Gasteiger partial charge in [-0.2, -0.15) is 8.78 Å². The predicted octanol–water partition coefficient (Wildman–Crippen LogP) is 3.87. The largest absolute Gasteiger partial charge is 0.434 e. The lowest BCUT2D eigenvalue weighted by molar-refractivity contribution is -0.143. The van der Waals surface area contributed by atoms with Crippen LogP contribution in [-0.4, -0.2) is 68.5 Å². The number of likely N-dealkylation sites (tertiary alicyclic amines) is 1. The summed E-state index contributed by atoms with van der Waals surface area (Å²) in [5.74, 6) is 5.80. The number of hydrogen-bond acceptors (Lipinski definition) is 5. The van der Waals surface area contributed by atoms with E-state index in [0.717, 1.165) is 4.90 Å². The van der Waals surface area contributed by atoms with E-state index in [2.05, 4.69) is 11.8 Å². The number of hydrogen-bond donors (Lipinski definition) is 1. The quantitative estimate of drug-likeness (QED) is 0.502. The monoisotopic (exact) mass is 549 g/mol. The number of fused-ring (bicyclic) bond motifs is 9. The third-order valence-corrected chi connectivity index (χ3v) is 8.47. The van der Waals surface area contributed by atoms with E-state index in [-0.39, 0.29) is 35.1 Å². The summed E-state index contributed by atoms with van der Waals surface area (Å²) in [5.41, 5.74) is 0.942. The van der Waals surface area contributed by atoms with Gasteiger partial charge in [0.15, 0.2) is 0 Å². The Morgan fingerprint density at radius 1 is 1.23 bits per heavy atom. The summed E-state index contributed by atoms with van der Waals surface area (Å²) in [6, 6.07) is 8.06. The molecule has 1 saturated carbocycles. The summed E-state index contributed by atoms with van der Waals surface area (Å²) in [4.78, 5) is 33.2. The highest BCUT2D eigenvalue weighted by Crippen LogP contribution is 2.50. The van der Waals surface area contributed by atoms with Crippen LogP contribution in [0.25, 0.3) is 11.0 Å². The molecular formula is C30H28F2N4O4. The zero-order chi connectivity index (χ0) is 30.3. The lowest BCUT2D eigenvalue weighted by Crippen LogP contribution is -2.44. The Kier molecular flexibility index (Phi) is 4.92. The Balaban J connectivity index is 1.25. The summed E-state index contributed by atoms with van der Waals surface area (Å²) in [7, 11) is 0. The Labute approximate surface area is 233 Å². The number of halogens is 2. The fourth-order valence-corrected chi connectivity index (χ4v) is 6.23. The average molecular weight is 550 g/mol. The molecule has 4 heterocycles. The van der Waals surface area contributed by atoms with E-state index >= 15 is 0 Å². The van der Waals surface area contributed by atoms with Crippen LogP contribution < -0.4 is 4.74 Å². The van der Waals surface area contributed by atoms with Gasteiger partial charge >= 0.3 is 6.61 Å². The minimum atomic E-state index is -3.13. The van der Waals surface area contributed by atoms with Crippen molar-refractivity contribution in [2.24, 2.45) is 5.92 Å². The molecule has 1 saturated heterocycles. The van der Waals surface area contributed by atoms with E-state index in [9.17, 15) is 23.5 Å². The van der Waals surface area contributed by atoms with Crippen molar-refractivity contribution in [3.63, 3.8) is 0 Å². The maximum Gasteiger partial charge on any atom is 0.387 e. The van der Waals surface area contributed by atoms with Crippen LogP contribution in [0.3, 0.4) is 0 Å². The topological polar surface area (TPSA) is 87.9 Å². The first kappa shape index (κ1) is 21.8. The zero-order valence-corrected chi connectivity index (χ0v) is 21.4. The molecule has 1 aromatic heterocycles. The molecule has 2 aromatic carbocycles. The van der Waals surface area contributed by atoms with Crippen molar-refractivity contribution in [3.05, 3.63) is 58.9 Å². The highest BCUT2D eigenvalue weighted by molar-refractivity contribution is 5.98. The number of carbonyl (C=O) groups excluding carboxylic acids is 2. The standard InChI is InChI=1S/C30H28F2N4O4/c1-34-23-16-22(25-19(27(34)37)3-2-4-24(25)40-29(31)32)36-21-15-18(7-8-20(21)33-26(23)36)6-5-17-9-13-35(14-10-17)28(38)30(39)11-12-30/h2-4,7-8,15,17,22-23,29,39H,9-14,16H2,1H3/t22-,23-/m1/s1/i1D3. The fraction of sp³-hybridized carbons (Fsp3) is 0.433. The maximum absolute atomic E-state index is 13.6. The lowest BCUT2D eigenvalue weighted by atomic mass is 9.96. The Hall–Kier alpha value is -3.97. The summed E-state index contributed by atoms with van der Waals surface area (Å²) in [6.45, 7) is -4.85. The van der Waals surface area contributed by atoms with E-state index in [1.54, 1.807) is 11.0 Å². The van der Waals surface area contributed by atoms with Crippen molar-refractivity contribution >= 4 is 22.8 Å². The van der Waals surface area contributed by atoms with E-state index in [4.69, 9.17) is 13.8 Å². The van der Waals surface area contributed by atoms with Gasteiger partial charge in [0.25, 0.3) is 11.8 Å². The lowest BCUT2D eigenvalue weighted by Gasteiger charge is -2.31. The number of carbonyl (C=O) groups is 2. The van der Waals surface area contributed by atoms with E-state index in [1.807, 2.05) is 16.7 Å². The second-order valence-electron chi connectivity index (χ2n) is 10.9. The molecule has 0 radical (unpaired) electrons. The molecule has 2 bridgehead atoms. The van der Waals surface area contributed by atoms with Crippen LogP contribution in [0.15, 0.2) is 36.4 Å².